The number of aromatic nitrogens is 3. The van der Waals surface area contributed by atoms with E-state index < -0.39 is 0 Å². The Balaban J connectivity index is 1.78. The van der Waals surface area contributed by atoms with E-state index in [1.165, 1.54) is 5.56 Å². The van der Waals surface area contributed by atoms with Gasteiger partial charge in [-0.2, -0.15) is 0 Å². The van der Waals surface area contributed by atoms with E-state index >= 15 is 0 Å². The molecule has 25 heavy (non-hydrogen) atoms. The Morgan fingerprint density at radius 3 is 2.60 bits per heavy atom. The number of hydrogen-bond acceptors (Lipinski definition) is 4. The largest absolute Gasteiger partial charge is 0.393 e. The van der Waals surface area contributed by atoms with Crippen molar-refractivity contribution in [3.05, 3.63) is 41.2 Å². The van der Waals surface area contributed by atoms with Crippen molar-refractivity contribution in [3.8, 4) is 5.69 Å². The highest BCUT2D eigenvalue weighted by Crippen LogP contribution is 2.41. The van der Waals surface area contributed by atoms with E-state index in [0.29, 0.717) is 24.6 Å². The van der Waals surface area contributed by atoms with Crippen LogP contribution < -0.4 is 5.32 Å². The summed E-state index contributed by atoms with van der Waals surface area (Å²) in [5, 5.41) is 20.8. The Morgan fingerprint density at radius 2 is 2.00 bits per heavy atom. The average Bonchev–Trinajstić information content (AvgIpc) is 3.31. The highest BCUT2D eigenvalue weighted by atomic mass is 16.3. The van der Waals surface area contributed by atoms with Crippen LogP contribution in [-0.4, -0.2) is 38.7 Å². The highest BCUT2D eigenvalue weighted by Gasteiger charge is 2.34. The third-order valence-corrected chi connectivity index (χ3v) is 4.52. The monoisotopic (exact) mass is 342 g/mol. The third-order valence-electron chi connectivity index (χ3n) is 4.52. The number of aliphatic hydroxyl groups is 1. The number of rotatable bonds is 7. The molecule has 3 rings (SSSR count). The van der Waals surface area contributed by atoms with Gasteiger partial charge in [0.25, 0.3) is 5.91 Å². The molecule has 1 saturated carbocycles. The second kappa shape index (κ2) is 7.35. The van der Waals surface area contributed by atoms with E-state index in [0.717, 1.165) is 24.2 Å². The van der Waals surface area contributed by atoms with Crippen LogP contribution in [0.3, 0.4) is 0 Å². The lowest BCUT2D eigenvalue weighted by molar-refractivity contribution is 0.0933. The molecule has 0 bridgehead atoms. The lowest BCUT2D eigenvalue weighted by Gasteiger charge is -2.14. The van der Waals surface area contributed by atoms with Gasteiger partial charge >= 0.3 is 0 Å². The first-order valence-electron chi connectivity index (χ1n) is 8.94. The first-order valence-corrected chi connectivity index (χ1v) is 8.94. The minimum Gasteiger partial charge on any atom is -0.393 e. The maximum absolute atomic E-state index is 12.6. The first kappa shape index (κ1) is 17.6. The van der Waals surface area contributed by atoms with Gasteiger partial charge in [-0.1, -0.05) is 29.8 Å². The molecule has 2 aromatic rings. The minimum atomic E-state index is -0.365. The molecule has 0 aliphatic heterocycles. The number of aryl methyl sites for hydroxylation is 1. The molecular weight excluding hydrogens is 316 g/mol. The zero-order chi connectivity index (χ0) is 18.0. The number of aliphatic hydroxyl groups excluding tert-OH is 1. The minimum absolute atomic E-state index is 0.183. The van der Waals surface area contributed by atoms with Crippen LogP contribution in [0.15, 0.2) is 24.3 Å². The van der Waals surface area contributed by atoms with Crippen molar-refractivity contribution in [2.75, 3.05) is 6.54 Å². The molecule has 1 amide bonds. The summed E-state index contributed by atoms with van der Waals surface area (Å²) in [5.41, 5.74) is 3.44. The Morgan fingerprint density at radius 1 is 1.32 bits per heavy atom. The number of benzene rings is 1. The Bertz CT molecular complexity index is 732. The molecular formula is C19H26N4O2. The topological polar surface area (TPSA) is 80.0 Å². The molecule has 1 heterocycles. The number of nitrogens with zero attached hydrogens (tertiary/aromatic N) is 3. The van der Waals surface area contributed by atoms with Gasteiger partial charge in [0.2, 0.25) is 0 Å². The fraction of sp³-hybridized carbons (Fsp3) is 0.526. The van der Waals surface area contributed by atoms with Gasteiger partial charge in [-0.15, -0.1) is 5.10 Å². The molecule has 1 aromatic carbocycles. The Labute approximate surface area is 148 Å². The van der Waals surface area contributed by atoms with Gasteiger partial charge in [0.1, 0.15) is 0 Å². The molecule has 2 unspecified atom stereocenters. The van der Waals surface area contributed by atoms with E-state index in [-0.39, 0.29) is 17.9 Å². The van der Waals surface area contributed by atoms with Crippen molar-refractivity contribution in [2.24, 2.45) is 5.92 Å². The molecule has 0 spiro atoms. The predicted molar refractivity (Wildman–Crippen MR) is 95.9 cm³/mol. The number of amides is 1. The summed E-state index contributed by atoms with van der Waals surface area (Å²) >= 11 is 0. The normalized spacial score (nSPS) is 16.5. The molecule has 0 radical (unpaired) electrons. The quantitative estimate of drug-likeness (QED) is 0.810. The molecule has 1 aliphatic carbocycles. The summed E-state index contributed by atoms with van der Waals surface area (Å²) in [4.78, 5) is 12.6. The van der Waals surface area contributed by atoms with Crippen molar-refractivity contribution in [3.63, 3.8) is 0 Å². The van der Waals surface area contributed by atoms with Gasteiger partial charge < -0.3 is 10.4 Å². The molecule has 1 fully saturated rings. The SMILES string of the molecule is Cc1ccc(-n2nnc(C(=O)NCC(C)CC(C)O)c2C2CC2)cc1. The third kappa shape index (κ3) is 4.25. The predicted octanol–water partition coefficient (Wildman–Crippen LogP) is 2.59. The number of carbonyl (C=O) groups excluding carboxylic acids is 1. The van der Waals surface area contributed by atoms with Crippen LogP contribution in [0.1, 0.15) is 60.8 Å². The zero-order valence-corrected chi connectivity index (χ0v) is 15.1. The van der Waals surface area contributed by atoms with E-state index in [4.69, 9.17) is 0 Å². The summed E-state index contributed by atoms with van der Waals surface area (Å²) in [6.45, 7) is 6.33. The molecule has 6 nitrogen and oxygen atoms in total. The summed E-state index contributed by atoms with van der Waals surface area (Å²) in [5.74, 6) is 0.380. The van der Waals surface area contributed by atoms with Crippen molar-refractivity contribution in [1.29, 1.82) is 0 Å². The van der Waals surface area contributed by atoms with Gasteiger partial charge in [0.15, 0.2) is 5.69 Å². The molecule has 2 atom stereocenters. The standard InChI is InChI=1S/C19H26N4O2/c1-12-4-8-16(9-5-12)23-18(15-6-7-15)17(21-22-23)19(25)20-11-13(2)10-14(3)24/h4-5,8-9,13-15,24H,6-7,10-11H2,1-3H3,(H,20,25). The fourth-order valence-corrected chi connectivity index (χ4v) is 3.07. The molecule has 6 heteroatoms. The number of carbonyl (C=O) groups is 1. The summed E-state index contributed by atoms with van der Waals surface area (Å²) in [6.07, 6.45) is 2.43. The van der Waals surface area contributed by atoms with Crippen LogP contribution in [0.5, 0.6) is 0 Å². The van der Waals surface area contributed by atoms with Gasteiger partial charge in [0, 0.05) is 12.5 Å². The van der Waals surface area contributed by atoms with Crippen molar-refractivity contribution in [1.82, 2.24) is 20.3 Å². The van der Waals surface area contributed by atoms with Gasteiger partial charge in [-0.25, -0.2) is 4.68 Å². The van der Waals surface area contributed by atoms with E-state index in [1.54, 1.807) is 11.6 Å². The van der Waals surface area contributed by atoms with Gasteiger partial charge in [-0.3, -0.25) is 4.79 Å². The first-order chi connectivity index (χ1) is 12.0. The summed E-state index contributed by atoms with van der Waals surface area (Å²) in [6, 6.07) is 8.07. The van der Waals surface area contributed by atoms with Crippen LogP contribution in [0.2, 0.25) is 0 Å². The number of nitrogens with one attached hydrogen (secondary N) is 1. The highest BCUT2D eigenvalue weighted by molar-refractivity contribution is 5.93. The molecule has 2 N–H and O–H groups in total. The lowest BCUT2D eigenvalue weighted by Crippen LogP contribution is -2.30. The average molecular weight is 342 g/mol. The van der Waals surface area contributed by atoms with Crippen LogP contribution in [0.4, 0.5) is 0 Å². The van der Waals surface area contributed by atoms with Crippen molar-refractivity contribution >= 4 is 5.91 Å². The van der Waals surface area contributed by atoms with Gasteiger partial charge in [0.05, 0.1) is 17.5 Å². The molecule has 0 saturated heterocycles. The van der Waals surface area contributed by atoms with Crippen LogP contribution in [-0.2, 0) is 0 Å². The van der Waals surface area contributed by atoms with E-state index in [9.17, 15) is 9.90 Å². The van der Waals surface area contributed by atoms with E-state index in [2.05, 4.69) is 15.6 Å². The van der Waals surface area contributed by atoms with E-state index in [1.807, 2.05) is 38.1 Å². The molecule has 1 aliphatic rings. The summed E-state index contributed by atoms with van der Waals surface area (Å²) in [7, 11) is 0. The van der Waals surface area contributed by atoms with Crippen molar-refractivity contribution < 1.29 is 9.90 Å². The molecule has 134 valence electrons. The molecule has 1 aromatic heterocycles. The van der Waals surface area contributed by atoms with Crippen molar-refractivity contribution in [2.45, 2.75) is 52.1 Å². The second-order valence-electron chi connectivity index (χ2n) is 7.24. The maximum atomic E-state index is 12.6. The van der Waals surface area contributed by atoms with Crippen LogP contribution >= 0.6 is 0 Å². The summed E-state index contributed by atoms with van der Waals surface area (Å²) < 4.78 is 1.80. The maximum Gasteiger partial charge on any atom is 0.273 e. The Kier molecular flexibility index (Phi) is 5.18. The van der Waals surface area contributed by atoms with Crippen LogP contribution in [0, 0.1) is 12.8 Å². The second-order valence-corrected chi connectivity index (χ2v) is 7.24. The number of hydrogen-bond donors (Lipinski definition) is 2. The van der Waals surface area contributed by atoms with Crippen LogP contribution in [0.25, 0.3) is 5.69 Å². The fourth-order valence-electron chi connectivity index (χ4n) is 3.07. The lowest BCUT2D eigenvalue weighted by atomic mass is 10.0. The van der Waals surface area contributed by atoms with Gasteiger partial charge in [-0.05, 0) is 51.2 Å². The zero-order valence-electron chi connectivity index (χ0n) is 15.1. The smallest absolute Gasteiger partial charge is 0.273 e. The Hall–Kier alpha value is -2.21.